The number of nitrogens with zero attached hydrogens (tertiary/aromatic N) is 1. The van der Waals surface area contributed by atoms with Crippen molar-refractivity contribution >= 4 is 5.69 Å². The van der Waals surface area contributed by atoms with Crippen molar-refractivity contribution in [3.05, 3.63) is 29.6 Å². The van der Waals surface area contributed by atoms with E-state index in [-0.39, 0.29) is 11.9 Å². The summed E-state index contributed by atoms with van der Waals surface area (Å²) in [7, 11) is 2.09. The first kappa shape index (κ1) is 16.0. The second kappa shape index (κ2) is 8.16. The highest BCUT2D eigenvalue weighted by Crippen LogP contribution is 2.27. The molecular weight excluding hydrogens is 239 g/mol. The minimum absolute atomic E-state index is 0.162. The summed E-state index contributed by atoms with van der Waals surface area (Å²) >= 11 is 0. The molecule has 1 unspecified atom stereocenters. The standard InChI is InChI=1S/C16H27FN2/c1-5-7-8-11-19(4)16-10-9-14(17)12-15(16)13(3)18-6-2/h9-10,12-13,18H,5-8,11H2,1-4H3. The largest absolute Gasteiger partial charge is 0.374 e. The van der Waals surface area contributed by atoms with Crippen molar-refractivity contribution in [2.45, 2.75) is 46.1 Å². The predicted octanol–water partition coefficient (Wildman–Crippen LogP) is 4.12. The first-order valence-corrected chi connectivity index (χ1v) is 7.34. The van der Waals surface area contributed by atoms with Gasteiger partial charge in [-0.1, -0.05) is 26.7 Å². The first-order valence-electron chi connectivity index (χ1n) is 7.34. The van der Waals surface area contributed by atoms with Gasteiger partial charge in [0, 0.05) is 25.3 Å². The van der Waals surface area contributed by atoms with Crippen LogP contribution >= 0.6 is 0 Å². The van der Waals surface area contributed by atoms with Crippen molar-refractivity contribution in [3.8, 4) is 0 Å². The normalized spacial score (nSPS) is 12.5. The molecule has 0 bridgehead atoms. The zero-order chi connectivity index (χ0) is 14.3. The van der Waals surface area contributed by atoms with E-state index in [2.05, 4.69) is 38.0 Å². The highest BCUT2D eigenvalue weighted by molar-refractivity contribution is 5.54. The van der Waals surface area contributed by atoms with Gasteiger partial charge >= 0.3 is 0 Å². The Bertz CT molecular complexity index is 379. The molecule has 3 heteroatoms. The van der Waals surface area contributed by atoms with Crippen LogP contribution < -0.4 is 10.2 Å². The molecule has 0 spiro atoms. The molecule has 1 aromatic carbocycles. The zero-order valence-corrected chi connectivity index (χ0v) is 12.7. The molecule has 1 rings (SSSR count). The third-order valence-electron chi connectivity index (χ3n) is 3.47. The summed E-state index contributed by atoms with van der Waals surface area (Å²) in [5, 5.41) is 3.36. The van der Waals surface area contributed by atoms with Gasteiger partial charge in [-0.25, -0.2) is 4.39 Å². The lowest BCUT2D eigenvalue weighted by atomic mass is 10.0. The van der Waals surface area contributed by atoms with E-state index in [1.54, 1.807) is 12.1 Å². The number of unbranched alkanes of at least 4 members (excludes halogenated alkanes) is 2. The number of nitrogens with one attached hydrogen (secondary N) is 1. The summed E-state index contributed by atoms with van der Waals surface area (Å²) in [6.45, 7) is 8.26. The quantitative estimate of drug-likeness (QED) is 0.712. The lowest BCUT2D eigenvalue weighted by Crippen LogP contribution is -2.24. The third kappa shape index (κ3) is 4.83. The second-order valence-corrected chi connectivity index (χ2v) is 5.11. The van der Waals surface area contributed by atoms with Crippen molar-refractivity contribution in [2.24, 2.45) is 0 Å². The van der Waals surface area contributed by atoms with Crippen molar-refractivity contribution in [1.29, 1.82) is 0 Å². The summed E-state index contributed by atoms with van der Waals surface area (Å²) in [5.74, 6) is -0.162. The van der Waals surface area contributed by atoms with Crippen LogP contribution in [0.5, 0.6) is 0 Å². The van der Waals surface area contributed by atoms with Crippen LogP contribution in [-0.2, 0) is 0 Å². The van der Waals surface area contributed by atoms with Crippen molar-refractivity contribution in [2.75, 3.05) is 25.0 Å². The molecule has 2 nitrogen and oxygen atoms in total. The van der Waals surface area contributed by atoms with Crippen molar-refractivity contribution < 1.29 is 4.39 Å². The van der Waals surface area contributed by atoms with Crippen LogP contribution in [0.3, 0.4) is 0 Å². The van der Waals surface area contributed by atoms with Crippen LogP contribution in [-0.4, -0.2) is 20.1 Å². The summed E-state index contributed by atoms with van der Waals surface area (Å²) in [4.78, 5) is 2.23. The Labute approximate surface area is 117 Å². The van der Waals surface area contributed by atoms with E-state index < -0.39 is 0 Å². The number of halogens is 1. The Morgan fingerprint density at radius 1 is 1.26 bits per heavy atom. The Kier molecular flexibility index (Phi) is 6.85. The van der Waals surface area contributed by atoms with Gasteiger partial charge < -0.3 is 10.2 Å². The maximum Gasteiger partial charge on any atom is 0.123 e. The zero-order valence-electron chi connectivity index (χ0n) is 12.7. The van der Waals surface area contributed by atoms with Crippen LogP contribution in [0.4, 0.5) is 10.1 Å². The second-order valence-electron chi connectivity index (χ2n) is 5.11. The maximum absolute atomic E-state index is 13.5. The van der Waals surface area contributed by atoms with Crippen LogP contribution in [0.15, 0.2) is 18.2 Å². The maximum atomic E-state index is 13.5. The van der Waals surface area contributed by atoms with Gasteiger partial charge in [0.05, 0.1) is 0 Å². The number of anilines is 1. The van der Waals surface area contributed by atoms with Crippen LogP contribution in [0.2, 0.25) is 0 Å². The Morgan fingerprint density at radius 3 is 2.63 bits per heavy atom. The fourth-order valence-electron chi connectivity index (χ4n) is 2.36. The molecule has 0 aliphatic rings. The average molecular weight is 266 g/mol. The van der Waals surface area contributed by atoms with Gasteiger partial charge in [0.1, 0.15) is 5.82 Å². The number of benzene rings is 1. The molecule has 1 atom stereocenters. The van der Waals surface area contributed by atoms with Gasteiger partial charge in [-0.3, -0.25) is 0 Å². The van der Waals surface area contributed by atoms with E-state index in [1.807, 2.05) is 6.07 Å². The number of hydrogen-bond acceptors (Lipinski definition) is 2. The first-order chi connectivity index (χ1) is 9.10. The minimum Gasteiger partial charge on any atom is -0.374 e. The monoisotopic (exact) mass is 266 g/mol. The van der Waals surface area contributed by atoms with E-state index in [4.69, 9.17) is 0 Å². The van der Waals surface area contributed by atoms with Crippen LogP contribution in [0, 0.1) is 5.82 Å². The molecular formula is C16H27FN2. The van der Waals surface area contributed by atoms with Crippen molar-refractivity contribution in [1.82, 2.24) is 5.32 Å². The van der Waals surface area contributed by atoms with Gasteiger partial charge in [0.25, 0.3) is 0 Å². The molecule has 0 amide bonds. The average Bonchev–Trinajstić information content (AvgIpc) is 2.39. The lowest BCUT2D eigenvalue weighted by Gasteiger charge is -2.25. The Hall–Kier alpha value is -1.09. The van der Waals surface area contributed by atoms with E-state index in [1.165, 1.54) is 19.3 Å². The topological polar surface area (TPSA) is 15.3 Å². The van der Waals surface area contributed by atoms with Gasteiger partial charge in [-0.15, -0.1) is 0 Å². The molecule has 1 aromatic rings. The van der Waals surface area contributed by atoms with Gasteiger partial charge in [0.15, 0.2) is 0 Å². The highest BCUT2D eigenvalue weighted by atomic mass is 19.1. The summed E-state index contributed by atoms with van der Waals surface area (Å²) < 4.78 is 13.5. The van der Waals surface area contributed by atoms with E-state index in [0.717, 1.165) is 24.3 Å². The molecule has 0 saturated carbocycles. The Balaban J connectivity index is 2.86. The lowest BCUT2D eigenvalue weighted by molar-refractivity contribution is 0.581. The minimum atomic E-state index is -0.162. The smallest absolute Gasteiger partial charge is 0.123 e. The van der Waals surface area contributed by atoms with E-state index >= 15 is 0 Å². The summed E-state index contributed by atoms with van der Waals surface area (Å²) in [5.41, 5.74) is 2.17. The fraction of sp³-hybridized carbons (Fsp3) is 0.625. The van der Waals surface area contributed by atoms with E-state index in [0.29, 0.717) is 0 Å². The molecule has 108 valence electrons. The van der Waals surface area contributed by atoms with Gasteiger partial charge in [-0.05, 0) is 43.7 Å². The molecule has 0 aliphatic heterocycles. The predicted molar refractivity (Wildman–Crippen MR) is 81.3 cm³/mol. The molecule has 0 aromatic heterocycles. The highest BCUT2D eigenvalue weighted by Gasteiger charge is 2.13. The fourth-order valence-corrected chi connectivity index (χ4v) is 2.36. The van der Waals surface area contributed by atoms with Gasteiger partial charge in [-0.2, -0.15) is 0 Å². The molecule has 0 fully saturated rings. The van der Waals surface area contributed by atoms with Crippen molar-refractivity contribution in [3.63, 3.8) is 0 Å². The number of rotatable bonds is 8. The summed E-state index contributed by atoms with van der Waals surface area (Å²) in [6.07, 6.45) is 3.64. The third-order valence-corrected chi connectivity index (χ3v) is 3.47. The molecule has 0 aliphatic carbocycles. The van der Waals surface area contributed by atoms with Crippen LogP contribution in [0.25, 0.3) is 0 Å². The van der Waals surface area contributed by atoms with E-state index in [9.17, 15) is 4.39 Å². The molecule has 0 radical (unpaired) electrons. The Morgan fingerprint density at radius 2 is 2.00 bits per heavy atom. The molecule has 0 heterocycles. The van der Waals surface area contributed by atoms with Crippen LogP contribution in [0.1, 0.15) is 51.6 Å². The molecule has 19 heavy (non-hydrogen) atoms. The number of hydrogen-bond donors (Lipinski definition) is 1. The SMILES string of the molecule is CCCCCN(C)c1ccc(F)cc1C(C)NCC. The summed E-state index contributed by atoms with van der Waals surface area (Å²) in [6, 6.07) is 5.27. The molecule has 0 saturated heterocycles. The van der Waals surface area contributed by atoms with Gasteiger partial charge in [0.2, 0.25) is 0 Å². The molecule has 1 N–H and O–H groups in total.